The van der Waals surface area contributed by atoms with Crippen LogP contribution < -0.4 is 10.5 Å². The van der Waals surface area contributed by atoms with Gasteiger partial charge in [0.2, 0.25) is 0 Å². The van der Waals surface area contributed by atoms with Crippen molar-refractivity contribution in [3.63, 3.8) is 0 Å². The van der Waals surface area contributed by atoms with E-state index < -0.39 is 6.10 Å². The summed E-state index contributed by atoms with van der Waals surface area (Å²) in [7, 11) is 1.63. The Kier molecular flexibility index (Phi) is 6.37. The molecule has 0 unspecified atom stereocenters. The summed E-state index contributed by atoms with van der Waals surface area (Å²) in [6, 6.07) is 7.27. The fourth-order valence-corrected chi connectivity index (χ4v) is 3.05. The summed E-state index contributed by atoms with van der Waals surface area (Å²) in [6.07, 6.45) is 5.23. The van der Waals surface area contributed by atoms with Crippen molar-refractivity contribution in [1.29, 1.82) is 0 Å². The molecule has 0 aliphatic rings. The second-order valence-corrected chi connectivity index (χ2v) is 6.15. The molecule has 0 saturated carbocycles. The Balaban J connectivity index is 2.21. The second-order valence-electron chi connectivity index (χ2n) is 6.15. The predicted molar refractivity (Wildman–Crippen MR) is 94.5 cm³/mol. The zero-order valence-corrected chi connectivity index (χ0v) is 14.3. The van der Waals surface area contributed by atoms with E-state index in [2.05, 4.69) is 18.8 Å². The zero-order chi connectivity index (χ0) is 16.8. The molecule has 1 aromatic heterocycles. The minimum Gasteiger partial charge on any atom is -0.497 e. The van der Waals surface area contributed by atoms with E-state index in [1.807, 2.05) is 24.3 Å². The van der Waals surface area contributed by atoms with Gasteiger partial charge in [0.1, 0.15) is 5.75 Å². The molecule has 2 atom stereocenters. The van der Waals surface area contributed by atoms with Crippen LogP contribution in [0.2, 0.25) is 0 Å². The monoisotopic (exact) mass is 316 g/mol. The highest BCUT2D eigenvalue weighted by atomic mass is 16.5. The number of aromatic nitrogens is 1. The highest BCUT2D eigenvalue weighted by Gasteiger charge is 2.20. The first-order valence-electron chi connectivity index (χ1n) is 8.46. The van der Waals surface area contributed by atoms with Gasteiger partial charge in [0, 0.05) is 17.6 Å². The SMILES string of the molecule is CCC(CC)CC[C@H](N)[C@H](O)c1ccnc2ccc(OC)cc12. The third-order valence-electron chi connectivity index (χ3n) is 4.77. The van der Waals surface area contributed by atoms with Crippen LogP contribution in [0.25, 0.3) is 10.9 Å². The van der Waals surface area contributed by atoms with E-state index in [0.29, 0.717) is 5.92 Å². The maximum Gasteiger partial charge on any atom is 0.119 e. The molecule has 126 valence electrons. The molecule has 1 heterocycles. The number of benzene rings is 1. The van der Waals surface area contributed by atoms with Gasteiger partial charge in [-0.05, 0) is 48.6 Å². The largest absolute Gasteiger partial charge is 0.497 e. The summed E-state index contributed by atoms with van der Waals surface area (Å²) in [4.78, 5) is 4.35. The summed E-state index contributed by atoms with van der Waals surface area (Å²) in [5.74, 6) is 1.44. The van der Waals surface area contributed by atoms with E-state index in [1.165, 1.54) is 0 Å². The van der Waals surface area contributed by atoms with Gasteiger partial charge < -0.3 is 15.6 Å². The molecule has 0 spiro atoms. The molecule has 0 aliphatic carbocycles. The van der Waals surface area contributed by atoms with Crippen molar-refractivity contribution in [3.05, 3.63) is 36.0 Å². The average molecular weight is 316 g/mol. The van der Waals surface area contributed by atoms with Crippen molar-refractivity contribution in [1.82, 2.24) is 4.98 Å². The Bertz CT molecular complexity index is 626. The summed E-state index contributed by atoms with van der Waals surface area (Å²) >= 11 is 0. The van der Waals surface area contributed by atoms with Crippen molar-refractivity contribution in [2.24, 2.45) is 11.7 Å². The average Bonchev–Trinajstić information content (AvgIpc) is 2.60. The lowest BCUT2D eigenvalue weighted by molar-refractivity contribution is 0.139. The molecule has 0 fully saturated rings. The van der Waals surface area contributed by atoms with Gasteiger partial charge in [-0.3, -0.25) is 4.98 Å². The molecule has 3 N–H and O–H groups in total. The van der Waals surface area contributed by atoms with Gasteiger partial charge in [0.15, 0.2) is 0 Å². The van der Waals surface area contributed by atoms with Crippen LogP contribution in [0.4, 0.5) is 0 Å². The molecule has 0 radical (unpaired) electrons. The van der Waals surface area contributed by atoms with Crippen LogP contribution in [-0.4, -0.2) is 23.2 Å². The summed E-state index contributed by atoms with van der Waals surface area (Å²) < 4.78 is 5.28. The molecule has 2 aromatic rings. The van der Waals surface area contributed by atoms with Crippen LogP contribution in [0.15, 0.2) is 30.5 Å². The van der Waals surface area contributed by atoms with Gasteiger partial charge in [0.25, 0.3) is 0 Å². The fourth-order valence-electron chi connectivity index (χ4n) is 3.05. The zero-order valence-electron chi connectivity index (χ0n) is 14.3. The number of nitrogens with two attached hydrogens (primary N) is 1. The Morgan fingerprint density at radius 2 is 1.91 bits per heavy atom. The molecule has 0 bridgehead atoms. The highest BCUT2D eigenvalue weighted by molar-refractivity contribution is 5.83. The van der Waals surface area contributed by atoms with E-state index in [9.17, 15) is 5.11 Å². The van der Waals surface area contributed by atoms with Crippen molar-refractivity contribution >= 4 is 10.9 Å². The first kappa shape index (κ1) is 17.7. The van der Waals surface area contributed by atoms with Crippen molar-refractivity contribution in [2.45, 2.75) is 51.7 Å². The minimum atomic E-state index is -0.693. The number of hydrogen-bond acceptors (Lipinski definition) is 4. The van der Waals surface area contributed by atoms with Crippen LogP contribution in [0.3, 0.4) is 0 Å². The quantitative estimate of drug-likeness (QED) is 0.777. The standard InChI is InChI=1S/C19H28N2O2/c1-4-13(5-2)6-8-17(20)19(22)15-10-11-21-18-9-7-14(23-3)12-16(15)18/h7,9-13,17,19,22H,4-6,8,20H2,1-3H3/t17-,19+/m0/s1. The maximum atomic E-state index is 10.7. The Hall–Kier alpha value is -1.65. The lowest BCUT2D eigenvalue weighted by atomic mass is 9.91. The number of pyridine rings is 1. The Morgan fingerprint density at radius 1 is 1.17 bits per heavy atom. The molecular formula is C19H28N2O2. The van der Waals surface area contributed by atoms with E-state index >= 15 is 0 Å². The molecule has 0 aliphatic heterocycles. The van der Waals surface area contributed by atoms with Gasteiger partial charge >= 0.3 is 0 Å². The van der Waals surface area contributed by atoms with Crippen molar-refractivity contribution in [3.8, 4) is 5.75 Å². The molecule has 4 nitrogen and oxygen atoms in total. The van der Waals surface area contributed by atoms with Crippen LogP contribution in [0.5, 0.6) is 5.75 Å². The summed E-state index contributed by atoms with van der Waals surface area (Å²) in [5.41, 5.74) is 7.93. The molecular weight excluding hydrogens is 288 g/mol. The third kappa shape index (κ3) is 4.21. The van der Waals surface area contributed by atoms with Crippen LogP contribution in [-0.2, 0) is 0 Å². The number of ether oxygens (including phenoxy) is 1. The Labute approximate surface area is 138 Å². The maximum absolute atomic E-state index is 10.7. The van der Waals surface area contributed by atoms with E-state index in [-0.39, 0.29) is 6.04 Å². The minimum absolute atomic E-state index is 0.271. The predicted octanol–water partition coefficient (Wildman–Crippen LogP) is 3.82. The lowest BCUT2D eigenvalue weighted by Crippen LogP contribution is -2.29. The highest BCUT2D eigenvalue weighted by Crippen LogP contribution is 2.29. The number of fused-ring (bicyclic) bond motifs is 1. The van der Waals surface area contributed by atoms with Crippen LogP contribution >= 0.6 is 0 Å². The van der Waals surface area contributed by atoms with E-state index in [0.717, 1.165) is 47.9 Å². The number of aliphatic hydroxyl groups is 1. The number of methoxy groups -OCH3 is 1. The van der Waals surface area contributed by atoms with Gasteiger partial charge in [0.05, 0.1) is 18.7 Å². The number of nitrogens with zero attached hydrogens (tertiary/aromatic N) is 1. The van der Waals surface area contributed by atoms with Crippen molar-refractivity contribution in [2.75, 3.05) is 7.11 Å². The summed E-state index contributed by atoms with van der Waals surface area (Å²) in [6.45, 7) is 4.41. The molecule has 0 amide bonds. The lowest BCUT2D eigenvalue weighted by Gasteiger charge is -2.22. The molecule has 23 heavy (non-hydrogen) atoms. The second kappa shape index (κ2) is 8.27. The molecule has 0 saturated heterocycles. The third-order valence-corrected chi connectivity index (χ3v) is 4.77. The number of rotatable bonds is 8. The number of aliphatic hydroxyl groups excluding tert-OH is 1. The van der Waals surface area contributed by atoms with Crippen LogP contribution in [0.1, 0.15) is 51.2 Å². The van der Waals surface area contributed by atoms with Crippen molar-refractivity contribution < 1.29 is 9.84 Å². The smallest absolute Gasteiger partial charge is 0.119 e. The van der Waals surface area contributed by atoms with Gasteiger partial charge in [-0.25, -0.2) is 0 Å². The van der Waals surface area contributed by atoms with Gasteiger partial charge in [-0.1, -0.05) is 26.7 Å². The van der Waals surface area contributed by atoms with Gasteiger partial charge in [-0.2, -0.15) is 0 Å². The normalized spacial score (nSPS) is 14.2. The first-order valence-corrected chi connectivity index (χ1v) is 8.46. The summed E-state index contributed by atoms with van der Waals surface area (Å²) in [5, 5.41) is 11.6. The first-order chi connectivity index (χ1) is 11.1. The Morgan fingerprint density at radius 3 is 2.57 bits per heavy atom. The number of hydrogen-bond donors (Lipinski definition) is 2. The molecule has 1 aromatic carbocycles. The molecule has 2 rings (SSSR count). The van der Waals surface area contributed by atoms with E-state index in [4.69, 9.17) is 10.5 Å². The molecule has 4 heteroatoms. The van der Waals surface area contributed by atoms with E-state index in [1.54, 1.807) is 13.3 Å². The van der Waals surface area contributed by atoms with Crippen LogP contribution in [0, 0.1) is 5.92 Å². The fraction of sp³-hybridized carbons (Fsp3) is 0.526. The topological polar surface area (TPSA) is 68.4 Å². The van der Waals surface area contributed by atoms with Gasteiger partial charge in [-0.15, -0.1) is 0 Å².